The molecule has 0 fully saturated rings. The highest BCUT2D eigenvalue weighted by Gasteiger charge is 2.09. The number of oxazole rings is 1. The number of H-pyrrole nitrogens is 1. The number of tetrazole rings is 1. The highest BCUT2D eigenvalue weighted by molar-refractivity contribution is 5.81. The van der Waals surface area contributed by atoms with Crippen LogP contribution in [-0.2, 0) is 0 Å². The molecule has 126 valence electrons. The van der Waals surface area contributed by atoms with Crippen LogP contribution in [0.3, 0.4) is 0 Å². The summed E-state index contributed by atoms with van der Waals surface area (Å²) < 4.78 is 5.88. The molecule has 0 saturated carbocycles. The lowest BCUT2D eigenvalue weighted by Crippen LogP contribution is -1.92. The minimum Gasteiger partial charge on any atom is -0.436 e. The Balaban J connectivity index is 1.63. The van der Waals surface area contributed by atoms with Gasteiger partial charge in [-0.3, -0.25) is 0 Å². The van der Waals surface area contributed by atoms with Gasteiger partial charge in [-0.15, -0.1) is 10.2 Å². The largest absolute Gasteiger partial charge is 0.436 e. The maximum atomic E-state index is 9.19. The number of nitrogens with zero attached hydrogens (tertiary/aromatic N) is 5. The lowest BCUT2D eigenvalue weighted by atomic mass is 10.1. The topological polar surface area (TPSA) is 116 Å². The quantitative estimate of drug-likeness (QED) is 0.546. The van der Waals surface area contributed by atoms with Gasteiger partial charge in [0.05, 0.1) is 0 Å². The molecular formula is C18H13N7O. The number of aromatic nitrogens is 5. The molecule has 2 heterocycles. The lowest BCUT2D eigenvalue weighted by molar-refractivity contribution is 0.620. The van der Waals surface area contributed by atoms with Crippen LogP contribution in [0.1, 0.15) is 11.4 Å². The maximum Gasteiger partial charge on any atom is 0.227 e. The van der Waals surface area contributed by atoms with Gasteiger partial charge in [0.25, 0.3) is 0 Å². The second-order valence-electron chi connectivity index (χ2n) is 5.62. The van der Waals surface area contributed by atoms with E-state index < -0.39 is 0 Å². The van der Waals surface area contributed by atoms with Crippen molar-refractivity contribution in [3.05, 3.63) is 60.1 Å². The van der Waals surface area contributed by atoms with Crippen molar-refractivity contribution in [3.63, 3.8) is 0 Å². The van der Waals surface area contributed by atoms with E-state index in [0.29, 0.717) is 11.5 Å². The van der Waals surface area contributed by atoms with Crippen molar-refractivity contribution >= 4 is 22.4 Å². The van der Waals surface area contributed by atoms with E-state index in [4.69, 9.17) is 4.42 Å². The summed E-state index contributed by atoms with van der Waals surface area (Å²) in [5.41, 5.74) is 4.49. The van der Waals surface area contributed by atoms with E-state index >= 15 is 0 Å². The van der Waals surface area contributed by atoms with Gasteiger partial charge in [-0.25, -0.2) is 4.98 Å². The third kappa shape index (κ3) is 3.01. The van der Waals surface area contributed by atoms with E-state index in [1.165, 1.54) is 6.20 Å². The van der Waals surface area contributed by atoms with Crippen LogP contribution in [0.2, 0.25) is 0 Å². The Kier molecular flexibility index (Phi) is 3.88. The van der Waals surface area contributed by atoms with Crippen LogP contribution >= 0.6 is 0 Å². The van der Waals surface area contributed by atoms with Gasteiger partial charge in [-0.05, 0) is 36.4 Å². The molecule has 2 aromatic carbocycles. The zero-order chi connectivity index (χ0) is 17.9. The van der Waals surface area contributed by atoms with Gasteiger partial charge in [-0.1, -0.05) is 17.7 Å². The summed E-state index contributed by atoms with van der Waals surface area (Å²) in [4.78, 5) is 4.52. The van der Waals surface area contributed by atoms with Crippen LogP contribution in [0.25, 0.3) is 28.1 Å². The number of hydrogen-bond donors (Lipinski definition) is 2. The molecule has 0 unspecified atom stereocenters. The highest BCUT2D eigenvalue weighted by atomic mass is 16.3. The molecule has 0 aliphatic carbocycles. The molecule has 4 rings (SSSR count). The first-order chi connectivity index (χ1) is 12.7. The molecule has 8 nitrogen and oxygen atoms in total. The number of aromatic amines is 1. The van der Waals surface area contributed by atoms with Crippen molar-refractivity contribution in [3.8, 4) is 17.5 Å². The predicted molar refractivity (Wildman–Crippen MR) is 95.6 cm³/mol. The van der Waals surface area contributed by atoms with E-state index in [2.05, 4.69) is 30.9 Å². The molecule has 0 amide bonds. The number of benzene rings is 2. The molecule has 2 aromatic heterocycles. The minimum absolute atomic E-state index is 0.225. The molecule has 2 N–H and O–H groups in total. The zero-order valence-electron chi connectivity index (χ0n) is 13.8. The van der Waals surface area contributed by atoms with E-state index in [0.717, 1.165) is 22.3 Å². The molecule has 0 spiro atoms. The monoisotopic (exact) mass is 343 g/mol. The van der Waals surface area contributed by atoms with Crippen LogP contribution < -0.4 is 5.32 Å². The summed E-state index contributed by atoms with van der Waals surface area (Å²) in [5, 5.41) is 25.6. The number of hydrogen-bond acceptors (Lipinski definition) is 7. The van der Waals surface area contributed by atoms with E-state index in [1.807, 2.05) is 55.5 Å². The van der Waals surface area contributed by atoms with Gasteiger partial charge in [0.1, 0.15) is 17.2 Å². The molecule has 0 aliphatic rings. The normalized spacial score (nSPS) is 11.5. The summed E-state index contributed by atoms with van der Waals surface area (Å²) in [6, 6.07) is 15.5. The Bertz CT molecular complexity index is 1140. The molecule has 4 aromatic rings. The molecular weight excluding hydrogens is 330 g/mol. The number of fused-ring (bicyclic) bond motifs is 1. The number of allylic oxidation sites excluding steroid dienone is 1. The molecule has 8 heteroatoms. The van der Waals surface area contributed by atoms with Crippen molar-refractivity contribution in [1.82, 2.24) is 25.6 Å². The van der Waals surface area contributed by atoms with Gasteiger partial charge >= 0.3 is 0 Å². The summed E-state index contributed by atoms with van der Waals surface area (Å²) >= 11 is 0. The fraction of sp³-hybridized carbons (Fsp3) is 0.0556. The standard InChI is InChI=1S/C18H13N7O/c1-11-3-2-4-12(7-11)18-21-15-6-5-14(8-16(15)26-18)20-10-13(9-19)17-22-24-25-23-17/h2-8,10,20H,1H3,(H,22,23,24,25). The van der Waals surface area contributed by atoms with Crippen molar-refractivity contribution < 1.29 is 4.42 Å². The molecule has 0 aliphatic heterocycles. The van der Waals surface area contributed by atoms with Crippen molar-refractivity contribution in [2.24, 2.45) is 0 Å². The van der Waals surface area contributed by atoms with Gasteiger partial charge in [-0.2, -0.15) is 10.5 Å². The van der Waals surface area contributed by atoms with Crippen LogP contribution in [0, 0.1) is 18.3 Å². The first-order valence-electron chi connectivity index (χ1n) is 7.81. The van der Waals surface area contributed by atoms with Gasteiger partial charge in [0.15, 0.2) is 5.58 Å². The Labute approximate surface area is 148 Å². The fourth-order valence-corrected chi connectivity index (χ4v) is 2.49. The highest BCUT2D eigenvalue weighted by Crippen LogP contribution is 2.27. The van der Waals surface area contributed by atoms with E-state index in [9.17, 15) is 5.26 Å². The molecule has 0 saturated heterocycles. The minimum atomic E-state index is 0.225. The second-order valence-corrected chi connectivity index (χ2v) is 5.62. The Hall–Kier alpha value is -3.99. The van der Waals surface area contributed by atoms with Crippen molar-refractivity contribution in [1.29, 1.82) is 5.26 Å². The Morgan fingerprint density at radius 3 is 2.96 bits per heavy atom. The summed E-state index contributed by atoms with van der Waals surface area (Å²) in [6.45, 7) is 2.02. The summed E-state index contributed by atoms with van der Waals surface area (Å²) in [6.07, 6.45) is 1.52. The third-order valence-electron chi connectivity index (χ3n) is 3.74. The predicted octanol–water partition coefficient (Wildman–Crippen LogP) is 3.29. The number of nitrogens with one attached hydrogen (secondary N) is 2. The zero-order valence-corrected chi connectivity index (χ0v) is 13.8. The molecule has 0 radical (unpaired) electrons. The van der Waals surface area contributed by atoms with Crippen molar-refractivity contribution in [2.45, 2.75) is 6.92 Å². The van der Waals surface area contributed by atoms with Gasteiger partial charge in [0, 0.05) is 23.5 Å². The van der Waals surface area contributed by atoms with Crippen LogP contribution in [0.4, 0.5) is 5.69 Å². The van der Waals surface area contributed by atoms with Crippen LogP contribution in [-0.4, -0.2) is 25.6 Å². The first kappa shape index (κ1) is 15.5. The number of rotatable bonds is 4. The average molecular weight is 343 g/mol. The molecule has 0 bridgehead atoms. The van der Waals surface area contributed by atoms with E-state index in [1.54, 1.807) is 0 Å². The number of nitriles is 1. The molecule has 0 atom stereocenters. The molecule has 26 heavy (non-hydrogen) atoms. The average Bonchev–Trinajstić information content (AvgIpc) is 3.32. The third-order valence-corrected chi connectivity index (χ3v) is 3.74. The smallest absolute Gasteiger partial charge is 0.227 e. The van der Waals surface area contributed by atoms with Crippen LogP contribution in [0.5, 0.6) is 0 Å². The number of aryl methyl sites for hydroxylation is 1. The maximum absolute atomic E-state index is 9.19. The van der Waals surface area contributed by atoms with Gasteiger partial charge < -0.3 is 9.73 Å². The Morgan fingerprint density at radius 1 is 1.27 bits per heavy atom. The van der Waals surface area contributed by atoms with Crippen molar-refractivity contribution in [2.75, 3.05) is 5.32 Å². The first-order valence-corrected chi connectivity index (χ1v) is 7.81. The second kappa shape index (κ2) is 6.49. The fourth-order valence-electron chi connectivity index (χ4n) is 2.49. The van der Waals surface area contributed by atoms with E-state index in [-0.39, 0.29) is 11.4 Å². The Morgan fingerprint density at radius 2 is 2.19 bits per heavy atom. The summed E-state index contributed by atoms with van der Waals surface area (Å²) in [7, 11) is 0. The lowest BCUT2D eigenvalue weighted by Gasteiger charge is -2.00. The van der Waals surface area contributed by atoms with Gasteiger partial charge in [0.2, 0.25) is 11.7 Å². The number of anilines is 1. The summed E-state index contributed by atoms with van der Waals surface area (Å²) in [5.74, 6) is 0.795. The SMILES string of the molecule is Cc1cccc(-c2nc3ccc(NC=C(C#N)c4nn[nH]n4)cc3o2)c1. The van der Waals surface area contributed by atoms with Crippen LogP contribution in [0.15, 0.2) is 53.1 Å².